The number of hydrogen-bond acceptors (Lipinski definition) is 3. The van der Waals surface area contributed by atoms with E-state index in [-0.39, 0.29) is 33.8 Å². The van der Waals surface area contributed by atoms with E-state index in [2.05, 4.69) is 34.6 Å². The molecule has 4 fully saturated rings. The van der Waals surface area contributed by atoms with E-state index < -0.39 is 15.4 Å². The highest BCUT2D eigenvalue weighted by Crippen LogP contribution is 2.64. The molecule has 1 aliphatic heterocycles. The molecule has 0 spiro atoms. The van der Waals surface area contributed by atoms with E-state index in [1.54, 1.807) is 4.31 Å². The second kappa shape index (κ2) is 4.89. The van der Waals surface area contributed by atoms with Crippen LogP contribution in [0.2, 0.25) is 0 Å². The molecular formula is C20H33NO3S. The summed E-state index contributed by atoms with van der Waals surface area (Å²) in [5.74, 6) is 0.602. The smallest absolute Gasteiger partial charge is 0.215 e. The van der Waals surface area contributed by atoms with Crippen molar-refractivity contribution < 1.29 is 13.2 Å². The lowest BCUT2D eigenvalue weighted by atomic mass is 9.65. The molecule has 4 aliphatic rings. The number of nitrogens with zero attached hydrogens (tertiary/aromatic N) is 1. The average Bonchev–Trinajstić information content (AvgIpc) is 2.89. The lowest BCUT2D eigenvalue weighted by Gasteiger charge is -2.40. The number of carbonyl (C=O) groups is 1. The van der Waals surface area contributed by atoms with Crippen molar-refractivity contribution in [2.24, 2.45) is 27.6 Å². The summed E-state index contributed by atoms with van der Waals surface area (Å²) in [7, 11) is -3.42. The van der Waals surface area contributed by atoms with Crippen molar-refractivity contribution in [3.8, 4) is 0 Å². The molecule has 3 saturated carbocycles. The van der Waals surface area contributed by atoms with Crippen LogP contribution in [0.4, 0.5) is 0 Å². The second-order valence-electron chi connectivity index (χ2n) is 11.2. The monoisotopic (exact) mass is 367 g/mol. The van der Waals surface area contributed by atoms with Crippen molar-refractivity contribution >= 4 is 15.8 Å². The Kier molecular flexibility index (Phi) is 3.51. The molecule has 4 rings (SSSR count). The zero-order valence-electron chi connectivity index (χ0n) is 16.4. The Labute approximate surface area is 152 Å². The zero-order valence-corrected chi connectivity index (χ0v) is 17.2. The molecule has 4 atom stereocenters. The normalized spacial score (nSPS) is 45.2. The molecule has 4 bridgehead atoms. The fraction of sp³-hybridized carbons (Fsp3) is 0.950. The maximum Gasteiger partial charge on any atom is 0.215 e. The maximum atomic E-state index is 13.5. The number of fused-ring (bicyclic) bond motifs is 4. The SMILES string of the molecule is CC1(C)C[C@@H]2C[C@](C)(CN2S(=O)(=O)C[C@]23CC[C@@H](CC2=O)C3(C)C)C1. The lowest BCUT2D eigenvalue weighted by molar-refractivity contribution is -0.128. The van der Waals surface area contributed by atoms with Crippen molar-refractivity contribution in [1.29, 1.82) is 0 Å². The summed E-state index contributed by atoms with van der Waals surface area (Å²) in [5, 5.41) is 0. The molecule has 0 aromatic carbocycles. The number of hydrogen-bond donors (Lipinski definition) is 0. The quantitative estimate of drug-likeness (QED) is 0.766. The first-order valence-corrected chi connectivity index (χ1v) is 11.4. The fourth-order valence-corrected chi connectivity index (χ4v) is 9.81. The maximum absolute atomic E-state index is 13.5. The van der Waals surface area contributed by atoms with Gasteiger partial charge >= 0.3 is 0 Å². The molecule has 0 radical (unpaired) electrons. The summed E-state index contributed by atoms with van der Waals surface area (Å²) in [6, 6.07) is 0.118. The minimum atomic E-state index is -3.42. The van der Waals surface area contributed by atoms with Gasteiger partial charge in [-0.1, -0.05) is 34.6 Å². The fourth-order valence-electron chi connectivity index (χ4n) is 7.24. The van der Waals surface area contributed by atoms with Crippen LogP contribution in [0.15, 0.2) is 0 Å². The third kappa shape index (κ3) is 2.40. The van der Waals surface area contributed by atoms with Crippen LogP contribution in [0, 0.1) is 27.6 Å². The van der Waals surface area contributed by atoms with Crippen LogP contribution >= 0.6 is 0 Å². The molecular weight excluding hydrogens is 334 g/mol. The Balaban J connectivity index is 1.65. The van der Waals surface area contributed by atoms with Gasteiger partial charge < -0.3 is 0 Å². The molecule has 142 valence electrons. The first-order chi connectivity index (χ1) is 11.3. The Morgan fingerprint density at radius 1 is 1.12 bits per heavy atom. The molecule has 3 aliphatic carbocycles. The predicted octanol–water partition coefficient (Wildman–Crippen LogP) is 3.61. The molecule has 5 heteroatoms. The van der Waals surface area contributed by atoms with Crippen LogP contribution in [0.25, 0.3) is 0 Å². The van der Waals surface area contributed by atoms with E-state index >= 15 is 0 Å². The molecule has 25 heavy (non-hydrogen) atoms. The number of rotatable bonds is 3. The molecule has 0 amide bonds. The van der Waals surface area contributed by atoms with Crippen LogP contribution in [-0.4, -0.2) is 36.8 Å². The number of carbonyl (C=O) groups excluding carboxylic acids is 1. The van der Waals surface area contributed by atoms with E-state index in [9.17, 15) is 13.2 Å². The summed E-state index contributed by atoms with van der Waals surface area (Å²) in [6.07, 6.45) is 5.33. The van der Waals surface area contributed by atoms with Crippen LogP contribution in [0.5, 0.6) is 0 Å². The highest BCUT2D eigenvalue weighted by Gasteiger charge is 2.66. The average molecular weight is 368 g/mol. The van der Waals surface area contributed by atoms with Gasteiger partial charge in [0, 0.05) is 24.4 Å². The Hall–Kier alpha value is -0.420. The van der Waals surface area contributed by atoms with E-state index in [1.807, 2.05) is 0 Å². The van der Waals surface area contributed by atoms with Gasteiger partial charge in [0.2, 0.25) is 10.0 Å². The Morgan fingerprint density at radius 2 is 1.80 bits per heavy atom. The van der Waals surface area contributed by atoms with Gasteiger partial charge in [-0.25, -0.2) is 8.42 Å². The van der Waals surface area contributed by atoms with Crippen LogP contribution < -0.4 is 0 Å². The standard InChI is InChI=1S/C20H33NO3S/c1-17(2)9-15-10-19(5,11-17)12-21(15)25(23,24)13-20-7-6-14(8-16(20)22)18(20,3)4/h14-15H,6-13H2,1-5H3/t14-,15+,19-,20+/m0/s1. The minimum absolute atomic E-state index is 0.0370. The summed E-state index contributed by atoms with van der Waals surface area (Å²) >= 11 is 0. The van der Waals surface area contributed by atoms with Crippen molar-refractivity contribution in [2.45, 2.75) is 79.2 Å². The van der Waals surface area contributed by atoms with E-state index in [0.29, 0.717) is 18.9 Å². The van der Waals surface area contributed by atoms with E-state index in [0.717, 1.165) is 32.1 Å². The zero-order chi connectivity index (χ0) is 18.5. The van der Waals surface area contributed by atoms with Gasteiger partial charge in [0.05, 0.1) is 5.75 Å². The van der Waals surface area contributed by atoms with Crippen molar-refractivity contribution in [3.05, 3.63) is 0 Å². The lowest BCUT2D eigenvalue weighted by Crippen LogP contribution is -2.48. The highest BCUT2D eigenvalue weighted by atomic mass is 32.2. The summed E-state index contributed by atoms with van der Waals surface area (Å²) in [4.78, 5) is 12.8. The molecule has 0 unspecified atom stereocenters. The first-order valence-electron chi connectivity index (χ1n) is 9.83. The number of Topliss-reactive ketones (excluding diaryl/α,β-unsaturated/α-hetero) is 1. The van der Waals surface area contributed by atoms with Gasteiger partial charge in [-0.05, 0) is 54.3 Å². The summed E-state index contributed by atoms with van der Waals surface area (Å²) in [6.45, 7) is 11.6. The molecule has 0 aromatic heterocycles. The van der Waals surface area contributed by atoms with Gasteiger partial charge in [-0.3, -0.25) is 4.79 Å². The van der Waals surface area contributed by atoms with Crippen LogP contribution in [0.3, 0.4) is 0 Å². The molecule has 0 aromatic rings. The van der Waals surface area contributed by atoms with Crippen molar-refractivity contribution in [3.63, 3.8) is 0 Å². The van der Waals surface area contributed by atoms with E-state index in [4.69, 9.17) is 0 Å². The first kappa shape index (κ1) is 18.0. The molecule has 1 heterocycles. The minimum Gasteiger partial charge on any atom is -0.299 e. The van der Waals surface area contributed by atoms with Crippen LogP contribution in [0.1, 0.15) is 73.1 Å². The van der Waals surface area contributed by atoms with Gasteiger partial charge in [-0.2, -0.15) is 4.31 Å². The highest BCUT2D eigenvalue weighted by molar-refractivity contribution is 7.89. The largest absolute Gasteiger partial charge is 0.299 e. The summed E-state index contributed by atoms with van der Waals surface area (Å²) < 4.78 is 28.7. The number of sulfonamides is 1. The van der Waals surface area contributed by atoms with Crippen LogP contribution in [-0.2, 0) is 14.8 Å². The van der Waals surface area contributed by atoms with Gasteiger partial charge in [-0.15, -0.1) is 0 Å². The van der Waals surface area contributed by atoms with Gasteiger partial charge in [0.15, 0.2) is 0 Å². The Bertz CT molecular complexity index is 725. The molecule has 4 nitrogen and oxygen atoms in total. The third-order valence-electron chi connectivity index (χ3n) is 8.29. The molecule has 0 N–H and O–H groups in total. The topological polar surface area (TPSA) is 54.5 Å². The van der Waals surface area contributed by atoms with E-state index in [1.165, 1.54) is 0 Å². The number of ketones is 1. The third-order valence-corrected chi connectivity index (χ3v) is 10.3. The van der Waals surface area contributed by atoms with Crippen molar-refractivity contribution in [1.82, 2.24) is 4.31 Å². The molecule has 1 saturated heterocycles. The predicted molar refractivity (Wildman–Crippen MR) is 98.6 cm³/mol. The second-order valence-corrected chi connectivity index (χ2v) is 13.1. The Morgan fingerprint density at radius 3 is 2.36 bits per heavy atom. The van der Waals surface area contributed by atoms with Crippen molar-refractivity contribution in [2.75, 3.05) is 12.3 Å². The van der Waals surface area contributed by atoms with Gasteiger partial charge in [0.1, 0.15) is 5.78 Å². The summed E-state index contributed by atoms with van der Waals surface area (Å²) in [5.41, 5.74) is -0.551. The van der Waals surface area contributed by atoms with Gasteiger partial charge in [0.25, 0.3) is 0 Å².